The van der Waals surface area contributed by atoms with Crippen molar-refractivity contribution in [2.24, 2.45) is 0 Å². The highest BCUT2D eigenvalue weighted by atomic mass is 19.4. The number of amides is 1. The molecule has 8 nitrogen and oxygen atoms in total. The summed E-state index contributed by atoms with van der Waals surface area (Å²) in [6.07, 6.45) is -3.21. The molecule has 1 aliphatic heterocycles. The zero-order valence-corrected chi connectivity index (χ0v) is 19.4. The van der Waals surface area contributed by atoms with Crippen molar-refractivity contribution in [3.63, 3.8) is 0 Å². The minimum atomic E-state index is -4.96. The van der Waals surface area contributed by atoms with Crippen LogP contribution in [0.1, 0.15) is 25.3 Å². The van der Waals surface area contributed by atoms with Gasteiger partial charge in [0.2, 0.25) is 0 Å². The van der Waals surface area contributed by atoms with Crippen LogP contribution in [0, 0.1) is 0 Å². The van der Waals surface area contributed by atoms with Gasteiger partial charge in [-0.3, -0.25) is 9.69 Å². The molecule has 35 heavy (non-hydrogen) atoms. The van der Waals surface area contributed by atoms with Crippen LogP contribution in [0.4, 0.5) is 24.9 Å². The number of carbonyl (C=O) groups excluding carboxylic acids is 1. The van der Waals surface area contributed by atoms with Gasteiger partial charge in [0.15, 0.2) is 17.1 Å². The lowest BCUT2D eigenvalue weighted by Gasteiger charge is -2.32. The van der Waals surface area contributed by atoms with E-state index in [2.05, 4.69) is 15.2 Å². The maximum Gasteiger partial charge on any atom is 0.471 e. The SMILES string of the molecule is CCOc1cc(CN2CCC(Nc3nc4cc(NC(=O)C(F)(F)F)ccc4o3)CC2)ccc1OC. The Kier molecular flexibility index (Phi) is 7.34. The number of oxazole rings is 1. The van der Waals surface area contributed by atoms with E-state index in [0.717, 1.165) is 43.8 Å². The van der Waals surface area contributed by atoms with Crippen molar-refractivity contribution in [1.82, 2.24) is 9.88 Å². The molecule has 1 amide bonds. The molecular weight excluding hydrogens is 465 g/mol. The van der Waals surface area contributed by atoms with E-state index in [4.69, 9.17) is 13.9 Å². The lowest BCUT2D eigenvalue weighted by molar-refractivity contribution is -0.167. The van der Waals surface area contributed by atoms with Crippen LogP contribution in [0.2, 0.25) is 0 Å². The van der Waals surface area contributed by atoms with Gasteiger partial charge in [-0.05, 0) is 55.7 Å². The molecule has 0 saturated carbocycles. The Bertz CT molecular complexity index is 1170. The molecule has 0 radical (unpaired) electrons. The summed E-state index contributed by atoms with van der Waals surface area (Å²) < 4.78 is 54.1. The van der Waals surface area contributed by atoms with Gasteiger partial charge in [0.05, 0.1) is 13.7 Å². The van der Waals surface area contributed by atoms with Gasteiger partial charge in [-0.1, -0.05) is 6.07 Å². The van der Waals surface area contributed by atoms with E-state index in [-0.39, 0.29) is 11.7 Å². The Morgan fingerprint density at radius 1 is 1.17 bits per heavy atom. The van der Waals surface area contributed by atoms with Crippen LogP contribution in [0.3, 0.4) is 0 Å². The molecule has 1 fully saturated rings. The number of methoxy groups -OCH3 is 1. The highest BCUT2D eigenvalue weighted by Crippen LogP contribution is 2.29. The number of hydrogen-bond donors (Lipinski definition) is 2. The van der Waals surface area contributed by atoms with Crippen LogP contribution in [0.15, 0.2) is 40.8 Å². The van der Waals surface area contributed by atoms with Crippen molar-refractivity contribution in [2.75, 3.05) is 37.4 Å². The minimum absolute atomic E-state index is 0.000917. The number of halogens is 3. The van der Waals surface area contributed by atoms with E-state index >= 15 is 0 Å². The Labute approximate surface area is 200 Å². The lowest BCUT2D eigenvalue weighted by atomic mass is 10.0. The average molecular weight is 492 g/mol. The van der Waals surface area contributed by atoms with Gasteiger partial charge in [-0.15, -0.1) is 0 Å². The largest absolute Gasteiger partial charge is 0.493 e. The van der Waals surface area contributed by atoms with Crippen molar-refractivity contribution < 1.29 is 31.9 Å². The summed E-state index contributed by atoms with van der Waals surface area (Å²) in [5.41, 5.74) is 1.92. The van der Waals surface area contributed by atoms with Crippen molar-refractivity contribution in [1.29, 1.82) is 0 Å². The molecule has 0 spiro atoms. The van der Waals surface area contributed by atoms with Crippen LogP contribution in [0.25, 0.3) is 11.1 Å². The first-order valence-electron chi connectivity index (χ1n) is 11.3. The van der Waals surface area contributed by atoms with Gasteiger partial charge in [-0.2, -0.15) is 18.2 Å². The van der Waals surface area contributed by atoms with E-state index < -0.39 is 12.1 Å². The molecule has 3 aromatic rings. The number of rotatable bonds is 8. The fourth-order valence-corrected chi connectivity index (χ4v) is 4.02. The molecule has 0 bridgehead atoms. The summed E-state index contributed by atoms with van der Waals surface area (Å²) in [6.45, 7) is 5.05. The Balaban J connectivity index is 1.32. The molecule has 0 unspecified atom stereocenters. The highest BCUT2D eigenvalue weighted by molar-refractivity contribution is 5.96. The number of likely N-dealkylation sites (tertiary alicyclic amines) is 1. The third-order valence-corrected chi connectivity index (χ3v) is 5.75. The number of alkyl halides is 3. The van der Waals surface area contributed by atoms with E-state index in [1.807, 2.05) is 30.4 Å². The number of anilines is 2. The second-order valence-corrected chi connectivity index (χ2v) is 8.27. The van der Waals surface area contributed by atoms with Gasteiger partial charge in [0.1, 0.15) is 5.52 Å². The topological polar surface area (TPSA) is 88.9 Å². The average Bonchev–Trinajstić information content (AvgIpc) is 3.22. The maximum absolute atomic E-state index is 12.5. The Morgan fingerprint density at radius 2 is 1.94 bits per heavy atom. The molecule has 1 aliphatic rings. The predicted octanol–water partition coefficient (Wildman–Crippen LogP) is 4.81. The van der Waals surface area contributed by atoms with Crippen LogP contribution >= 0.6 is 0 Å². The molecule has 11 heteroatoms. The normalized spacial score (nSPS) is 15.2. The highest BCUT2D eigenvalue weighted by Gasteiger charge is 2.38. The van der Waals surface area contributed by atoms with Gasteiger partial charge < -0.3 is 24.5 Å². The summed E-state index contributed by atoms with van der Waals surface area (Å²) in [5, 5.41) is 5.09. The summed E-state index contributed by atoms with van der Waals surface area (Å²) >= 11 is 0. The molecular formula is C24H27F3N4O4. The van der Waals surface area contributed by atoms with Crippen molar-refractivity contribution >= 4 is 28.7 Å². The van der Waals surface area contributed by atoms with Crippen LogP contribution < -0.4 is 20.1 Å². The Hall–Kier alpha value is -3.47. The first-order chi connectivity index (χ1) is 16.7. The van der Waals surface area contributed by atoms with Crippen LogP contribution in [-0.4, -0.2) is 54.8 Å². The predicted molar refractivity (Wildman–Crippen MR) is 125 cm³/mol. The molecule has 1 saturated heterocycles. The quantitative estimate of drug-likeness (QED) is 0.466. The van der Waals surface area contributed by atoms with E-state index in [1.54, 1.807) is 7.11 Å². The van der Waals surface area contributed by atoms with E-state index in [9.17, 15) is 18.0 Å². The Morgan fingerprint density at radius 3 is 2.63 bits per heavy atom. The van der Waals surface area contributed by atoms with Gasteiger partial charge in [0, 0.05) is 31.4 Å². The third-order valence-electron chi connectivity index (χ3n) is 5.75. The van der Waals surface area contributed by atoms with E-state index in [0.29, 0.717) is 29.5 Å². The van der Waals surface area contributed by atoms with Gasteiger partial charge in [0.25, 0.3) is 6.01 Å². The summed E-state index contributed by atoms with van der Waals surface area (Å²) in [4.78, 5) is 17.8. The molecule has 0 atom stereocenters. The van der Waals surface area contributed by atoms with Gasteiger partial charge >= 0.3 is 12.1 Å². The molecule has 2 heterocycles. The molecule has 1 aromatic heterocycles. The number of hydrogen-bond acceptors (Lipinski definition) is 7. The molecule has 2 aromatic carbocycles. The zero-order chi connectivity index (χ0) is 25.0. The number of nitrogens with one attached hydrogen (secondary N) is 2. The second kappa shape index (κ2) is 10.4. The maximum atomic E-state index is 12.5. The number of ether oxygens (including phenoxy) is 2. The molecule has 0 aliphatic carbocycles. The summed E-state index contributed by atoms with van der Waals surface area (Å²) in [7, 11) is 1.62. The number of aromatic nitrogens is 1. The summed E-state index contributed by atoms with van der Waals surface area (Å²) in [5.74, 6) is -0.581. The van der Waals surface area contributed by atoms with Crippen molar-refractivity contribution in [3.05, 3.63) is 42.0 Å². The smallest absolute Gasteiger partial charge is 0.471 e. The monoisotopic (exact) mass is 492 g/mol. The second-order valence-electron chi connectivity index (χ2n) is 8.27. The fraction of sp³-hybridized carbons (Fsp3) is 0.417. The number of piperidine rings is 1. The number of carbonyl (C=O) groups is 1. The summed E-state index contributed by atoms with van der Waals surface area (Å²) in [6, 6.07) is 10.6. The van der Waals surface area contributed by atoms with Crippen LogP contribution in [-0.2, 0) is 11.3 Å². The van der Waals surface area contributed by atoms with Gasteiger partial charge in [-0.25, -0.2) is 0 Å². The number of fused-ring (bicyclic) bond motifs is 1. The molecule has 2 N–H and O–H groups in total. The molecule has 4 rings (SSSR count). The van der Waals surface area contributed by atoms with E-state index in [1.165, 1.54) is 18.2 Å². The standard InChI is InChI=1S/C24H27F3N4O4/c1-3-34-21-12-15(4-6-20(21)33-2)14-31-10-8-16(9-11-31)29-23-30-18-13-17(5-7-19(18)35-23)28-22(32)24(25,26)27/h4-7,12-13,16H,3,8-11,14H2,1-2H3,(H,28,32)(H,29,30). The third kappa shape index (κ3) is 6.16. The van der Waals surface area contributed by atoms with Crippen molar-refractivity contribution in [2.45, 2.75) is 38.5 Å². The number of benzene rings is 2. The minimum Gasteiger partial charge on any atom is -0.493 e. The lowest BCUT2D eigenvalue weighted by Crippen LogP contribution is -2.38. The fourth-order valence-electron chi connectivity index (χ4n) is 4.02. The zero-order valence-electron chi connectivity index (χ0n) is 19.4. The first kappa shape index (κ1) is 24.6. The van der Waals surface area contributed by atoms with Crippen molar-refractivity contribution in [3.8, 4) is 11.5 Å². The molecule has 188 valence electrons. The van der Waals surface area contributed by atoms with Crippen LogP contribution in [0.5, 0.6) is 11.5 Å². The first-order valence-corrected chi connectivity index (χ1v) is 11.3. The number of nitrogens with zero attached hydrogens (tertiary/aromatic N) is 2.